The highest BCUT2D eigenvalue weighted by Crippen LogP contribution is 2.56. The quantitative estimate of drug-likeness (QED) is 0.724. The van der Waals surface area contributed by atoms with Crippen molar-refractivity contribution in [2.24, 2.45) is 23.2 Å². The number of carbonyl (C=O) groups is 2. The van der Waals surface area contributed by atoms with Gasteiger partial charge in [0, 0.05) is 23.7 Å². The molecule has 0 aromatic heterocycles. The highest BCUT2D eigenvalue weighted by molar-refractivity contribution is 6.00. The first kappa shape index (κ1) is 17.6. The van der Waals surface area contributed by atoms with Crippen LogP contribution in [0.15, 0.2) is 22.8 Å². The molecule has 132 valence electrons. The lowest BCUT2D eigenvalue weighted by Gasteiger charge is -2.39. The van der Waals surface area contributed by atoms with Gasteiger partial charge in [-0.1, -0.05) is 24.1 Å². The highest BCUT2D eigenvalue weighted by atomic mass is 16.3. The van der Waals surface area contributed by atoms with Crippen LogP contribution in [-0.2, 0) is 9.59 Å². The van der Waals surface area contributed by atoms with E-state index < -0.39 is 23.0 Å². The first-order chi connectivity index (χ1) is 11.0. The normalized spacial score (nSPS) is 42.4. The summed E-state index contributed by atoms with van der Waals surface area (Å²) in [4.78, 5) is 25.2. The molecule has 2 N–H and O–H groups in total. The fourth-order valence-electron chi connectivity index (χ4n) is 5.25. The molecule has 0 aromatic rings. The molecule has 1 fully saturated rings. The molecule has 0 aliphatic heterocycles. The molecule has 4 nitrogen and oxygen atoms in total. The number of rotatable bonds is 1. The van der Waals surface area contributed by atoms with Gasteiger partial charge in [-0.2, -0.15) is 0 Å². The van der Waals surface area contributed by atoms with Crippen LogP contribution < -0.4 is 0 Å². The second kappa shape index (κ2) is 5.37. The number of hydrogen-bond donors (Lipinski definition) is 2. The Balaban J connectivity index is 2.14. The summed E-state index contributed by atoms with van der Waals surface area (Å²) in [5.74, 6) is -0.553. The molecule has 4 heteroatoms. The Morgan fingerprint density at radius 1 is 1.25 bits per heavy atom. The van der Waals surface area contributed by atoms with Gasteiger partial charge in [-0.3, -0.25) is 9.59 Å². The smallest absolute Gasteiger partial charge is 0.168 e. The molecular formula is C20H28O4. The summed E-state index contributed by atoms with van der Waals surface area (Å²) < 4.78 is 0. The maximum Gasteiger partial charge on any atom is 0.168 e. The fourth-order valence-corrected chi connectivity index (χ4v) is 5.25. The topological polar surface area (TPSA) is 74.6 Å². The Morgan fingerprint density at radius 3 is 2.46 bits per heavy atom. The van der Waals surface area contributed by atoms with Crippen molar-refractivity contribution in [3.8, 4) is 0 Å². The standard InChI is InChI=1S/C20H28O4/c1-10-6-7-14-16(19(3,4)24)17(22)18(23)20(14,5)9-13-11(2)15(21)8-12(10)13/h6,12,14,16-17,22,24H,7-9H2,1-5H3/b10-6-/t12-,14+,16-,17+,20-/m0/s1. The molecule has 0 amide bonds. The molecule has 3 aliphatic rings. The predicted molar refractivity (Wildman–Crippen MR) is 91.2 cm³/mol. The highest BCUT2D eigenvalue weighted by Gasteiger charge is 2.61. The van der Waals surface area contributed by atoms with Crippen LogP contribution in [0.3, 0.4) is 0 Å². The van der Waals surface area contributed by atoms with Gasteiger partial charge in [0.2, 0.25) is 0 Å². The number of allylic oxidation sites excluding steroid dienone is 4. The van der Waals surface area contributed by atoms with Gasteiger partial charge in [0.15, 0.2) is 11.6 Å². The molecular weight excluding hydrogens is 304 g/mol. The molecule has 0 saturated heterocycles. The van der Waals surface area contributed by atoms with Gasteiger partial charge in [0.1, 0.15) is 6.10 Å². The number of ketones is 2. The summed E-state index contributed by atoms with van der Waals surface area (Å²) >= 11 is 0. The lowest BCUT2D eigenvalue weighted by Crippen LogP contribution is -2.41. The summed E-state index contributed by atoms with van der Waals surface area (Å²) in [5, 5.41) is 21.2. The van der Waals surface area contributed by atoms with E-state index in [9.17, 15) is 19.8 Å². The molecule has 0 spiro atoms. The van der Waals surface area contributed by atoms with Gasteiger partial charge in [-0.25, -0.2) is 0 Å². The molecule has 3 rings (SSSR count). The Morgan fingerprint density at radius 2 is 1.88 bits per heavy atom. The Labute approximate surface area is 143 Å². The van der Waals surface area contributed by atoms with Crippen molar-refractivity contribution in [2.45, 2.75) is 65.6 Å². The molecule has 3 aliphatic carbocycles. The van der Waals surface area contributed by atoms with E-state index in [4.69, 9.17) is 0 Å². The zero-order valence-corrected chi connectivity index (χ0v) is 15.2. The Kier molecular flexibility index (Phi) is 3.93. The molecule has 0 aromatic carbocycles. The first-order valence-electron chi connectivity index (χ1n) is 8.82. The van der Waals surface area contributed by atoms with Crippen molar-refractivity contribution in [3.05, 3.63) is 22.8 Å². The number of carbonyl (C=O) groups excluding carboxylic acids is 2. The zero-order chi connectivity index (χ0) is 18.0. The van der Waals surface area contributed by atoms with Crippen LogP contribution in [0, 0.1) is 23.2 Å². The molecule has 0 unspecified atom stereocenters. The maximum atomic E-state index is 13.0. The third-order valence-electron chi connectivity index (χ3n) is 6.75. The van der Waals surface area contributed by atoms with Gasteiger partial charge < -0.3 is 10.2 Å². The number of hydrogen-bond acceptors (Lipinski definition) is 4. The Hall–Kier alpha value is -1.26. The van der Waals surface area contributed by atoms with Crippen molar-refractivity contribution in [1.29, 1.82) is 0 Å². The molecule has 24 heavy (non-hydrogen) atoms. The van der Waals surface area contributed by atoms with Crippen LogP contribution in [0.2, 0.25) is 0 Å². The van der Waals surface area contributed by atoms with Gasteiger partial charge in [-0.15, -0.1) is 0 Å². The maximum absolute atomic E-state index is 13.0. The van der Waals surface area contributed by atoms with Crippen molar-refractivity contribution in [1.82, 2.24) is 0 Å². The molecule has 1 saturated carbocycles. The summed E-state index contributed by atoms with van der Waals surface area (Å²) in [6.45, 7) is 9.15. The van der Waals surface area contributed by atoms with Crippen molar-refractivity contribution in [2.75, 3.05) is 0 Å². The van der Waals surface area contributed by atoms with E-state index >= 15 is 0 Å². The van der Waals surface area contributed by atoms with Crippen molar-refractivity contribution in [3.63, 3.8) is 0 Å². The van der Waals surface area contributed by atoms with E-state index in [1.807, 2.05) is 20.8 Å². The number of aliphatic hydroxyl groups is 2. The van der Waals surface area contributed by atoms with E-state index in [2.05, 4.69) is 6.08 Å². The second-order valence-corrected chi connectivity index (χ2v) is 8.70. The average molecular weight is 332 g/mol. The minimum absolute atomic E-state index is 0.0985. The Bertz CT molecular complexity index is 664. The zero-order valence-electron chi connectivity index (χ0n) is 15.2. The van der Waals surface area contributed by atoms with Gasteiger partial charge >= 0.3 is 0 Å². The van der Waals surface area contributed by atoms with Crippen molar-refractivity contribution < 1.29 is 19.8 Å². The van der Waals surface area contributed by atoms with Crippen LogP contribution in [0.25, 0.3) is 0 Å². The number of fused-ring (bicyclic) bond motifs is 2. The largest absolute Gasteiger partial charge is 0.390 e. The van der Waals surface area contributed by atoms with Crippen LogP contribution >= 0.6 is 0 Å². The summed E-state index contributed by atoms with van der Waals surface area (Å²) in [7, 11) is 0. The van der Waals surface area contributed by atoms with Crippen LogP contribution in [0.4, 0.5) is 0 Å². The molecule has 5 atom stereocenters. The molecule has 0 radical (unpaired) electrons. The summed E-state index contributed by atoms with van der Waals surface area (Å²) in [6, 6.07) is 0. The van der Waals surface area contributed by atoms with E-state index in [0.29, 0.717) is 19.3 Å². The van der Waals surface area contributed by atoms with Gasteiger partial charge in [0.25, 0.3) is 0 Å². The lowest BCUT2D eigenvalue weighted by atomic mass is 9.65. The second-order valence-electron chi connectivity index (χ2n) is 8.70. The minimum Gasteiger partial charge on any atom is -0.390 e. The lowest BCUT2D eigenvalue weighted by molar-refractivity contribution is -0.134. The predicted octanol–water partition coefficient (Wildman–Crippen LogP) is 2.59. The SMILES string of the molecule is CC1=C2C[C@]3(C)C(=O)[C@H](O)[C@@H](C(C)(C)O)[C@H]3C/C=C(/C)[C@@H]2CC1=O. The molecule has 0 bridgehead atoms. The van der Waals surface area contributed by atoms with Crippen molar-refractivity contribution >= 4 is 11.6 Å². The van der Waals surface area contributed by atoms with E-state index in [0.717, 1.165) is 11.1 Å². The average Bonchev–Trinajstić information content (AvgIpc) is 2.84. The van der Waals surface area contributed by atoms with E-state index in [1.165, 1.54) is 5.57 Å². The summed E-state index contributed by atoms with van der Waals surface area (Å²) in [5.41, 5.74) is 1.13. The summed E-state index contributed by atoms with van der Waals surface area (Å²) in [6.07, 6.45) is 2.62. The van der Waals surface area contributed by atoms with E-state index in [-0.39, 0.29) is 23.4 Å². The van der Waals surface area contributed by atoms with Crippen LogP contribution in [0.5, 0.6) is 0 Å². The molecule has 0 heterocycles. The van der Waals surface area contributed by atoms with Crippen LogP contribution in [0.1, 0.15) is 53.9 Å². The fraction of sp³-hybridized carbons (Fsp3) is 0.700. The first-order valence-corrected chi connectivity index (χ1v) is 8.82. The monoisotopic (exact) mass is 332 g/mol. The van der Waals surface area contributed by atoms with E-state index in [1.54, 1.807) is 13.8 Å². The van der Waals surface area contributed by atoms with Gasteiger partial charge in [0.05, 0.1) is 5.60 Å². The van der Waals surface area contributed by atoms with Gasteiger partial charge in [-0.05, 0) is 52.0 Å². The third-order valence-corrected chi connectivity index (χ3v) is 6.75. The number of aliphatic hydroxyl groups excluding tert-OH is 1. The van der Waals surface area contributed by atoms with Crippen LogP contribution in [-0.4, -0.2) is 33.5 Å². The number of Topliss-reactive ketones (excluding diaryl/α,β-unsaturated/α-hetero) is 2. The minimum atomic E-state index is -1.15. The third kappa shape index (κ3) is 2.34.